The first kappa shape index (κ1) is 13.6. The SMILES string of the molecule is CCC(C=C(c1ccccc1)c1ccccc1)CC. The van der Waals surface area contributed by atoms with Crippen molar-refractivity contribution in [2.75, 3.05) is 0 Å². The van der Waals surface area contributed by atoms with Crippen molar-refractivity contribution >= 4 is 5.57 Å². The Morgan fingerprint density at radius 2 is 1.21 bits per heavy atom. The second-order valence-electron chi connectivity index (χ2n) is 4.89. The van der Waals surface area contributed by atoms with Crippen LogP contribution in [0.4, 0.5) is 0 Å². The lowest BCUT2D eigenvalue weighted by molar-refractivity contribution is 0.607. The van der Waals surface area contributed by atoms with E-state index >= 15 is 0 Å². The molecule has 0 aliphatic rings. The van der Waals surface area contributed by atoms with Gasteiger partial charge < -0.3 is 0 Å². The molecule has 0 bridgehead atoms. The van der Waals surface area contributed by atoms with E-state index in [2.05, 4.69) is 80.6 Å². The molecule has 2 aromatic carbocycles. The van der Waals surface area contributed by atoms with Crippen LogP contribution in [0.15, 0.2) is 66.7 Å². The molecule has 0 radical (unpaired) electrons. The largest absolute Gasteiger partial charge is 0.0730 e. The van der Waals surface area contributed by atoms with Crippen LogP contribution < -0.4 is 0 Å². The van der Waals surface area contributed by atoms with Crippen LogP contribution in [-0.2, 0) is 0 Å². The lowest BCUT2D eigenvalue weighted by Gasteiger charge is -2.13. The fourth-order valence-corrected chi connectivity index (χ4v) is 2.35. The fourth-order valence-electron chi connectivity index (χ4n) is 2.35. The molecule has 0 nitrogen and oxygen atoms in total. The Morgan fingerprint density at radius 3 is 1.58 bits per heavy atom. The van der Waals surface area contributed by atoms with E-state index in [1.807, 2.05) is 0 Å². The number of benzene rings is 2. The van der Waals surface area contributed by atoms with Gasteiger partial charge in [-0.05, 0) is 35.5 Å². The molecule has 0 aliphatic heterocycles. The average molecular weight is 250 g/mol. The van der Waals surface area contributed by atoms with Gasteiger partial charge in [0, 0.05) is 0 Å². The van der Waals surface area contributed by atoms with Crippen molar-refractivity contribution in [3.63, 3.8) is 0 Å². The van der Waals surface area contributed by atoms with Gasteiger partial charge in [-0.1, -0.05) is 80.6 Å². The van der Waals surface area contributed by atoms with E-state index < -0.39 is 0 Å². The molecule has 0 aromatic heterocycles. The van der Waals surface area contributed by atoms with Gasteiger partial charge in [0.15, 0.2) is 0 Å². The highest BCUT2D eigenvalue weighted by Gasteiger charge is 2.07. The minimum absolute atomic E-state index is 0.649. The van der Waals surface area contributed by atoms with E-state index in [9.17, 15) is 0 Å². The number of hydrogen-bond acceptors (Lipinski definition) is 0. The van der Waals surface area contributed by atoms with Crippen LogP contribution in [0.25, 0.3) is 5.57 Å². The summed E-state index contributed by atoms with van der Waals surface area (Å²) in [6.45, 7) is 4.52. The first-order chi connectivity index (χ1) is 9.35. The minimum atomic E-state index is 0.649. The summed E-state index contributed by atoms with van der Waals surface area (Å²) in [5, 5.41) is 0. The molecule has 0 fully saturated rings. The van der Waals surface area contributed by atoms with Crippen LogP contribution in [0.3, 0.4) is 0 Å². The molecule has 0 saturated heterocycles. The normalized spacial score (nSPS) is 10.5. The number of hydrogen-bond donors (Lipinski definition) is 0. The van der Waals surface area contributed by atoms with Gasteiger partial charge in [0.2, 0.25) is 0 Å². The maximum atomic E-state index is 2.44. The summed E-state index contributed by atoms with van der Waals surface area (Å²) in [7, 11) is 0. The molecular weight excluding hydrogens is 228 g/mol. The molecule has 0 heterocycles. The van der Waals surface area contributed by atoms with Crippen LogP contribution >= 0.6 is 0 Å². The third-order valence-corrected chi connectivity index (χ3v) is 3.62. The predicted octanol–water partition coefficient (Wildman–Crippen LogP) is 5.55. The third kappa shape index (κ3) is 3.57. The highest BCUT2D eigenvalue weighted by atomic mass is 14.1. The summed E-state index contributed by atoms with van der Waals surface area (Å²) in [6, 6.07) is 21.4. The molecule has 98 valence electrons. The summed E-state index contributed by atoms with van der Waals surface area (Å²) >= 11 is 0. The molecule has 19 heavy (non-hydrogen) atoms. The van der Waals surface area contributed by atoms with Crippen molar-refractivity contribution < 1.29 is 0 Å². The van der Waals surface area contributed by atoms with Crippen LogP contribution in [0.2, 0.25) is 0 Å². The molecule has 2 aromatic rings. The van der Waals surface area contributed by atoms with E-state index in [4.69, 9.17) is 0 Å². The average Bonchev–Trinajstić information content (AvgIpc) is 2.50. The molecule has 0 atom stereocenters. The van der Waals surface area contributed by atoms with Crippen molar-refractivity contribution in [3.05, 3.63) is 77.9 Å². The second kappa shape index (κ2) is 6.94. The lowest BCUT2D eigenvalue weighted by atomic mass is 9.92. The van der Waals surface area contributed by atoms with E-state index in [0.29, 0.717) is 5.92 Å². The molecule has 0 aliphatic carbocycles. The number of allylic oxidation sites excluding steroid dienone is 1. The van der Waals surface area contributed by atoms with Gasteiger partial charge in [0.1, 0.15) is 0 Å². The van der Waals surface area contributed by atoms with E-state index in [1.165, 1.54) is 29.5 Å². The standard InChI is InChI=1S/C19H22/c1-3-16(4-2)15-19(17-11-7-5-8-12-17)18-13-9-6-10-14-18/h5-16H,3-4H2,1-2H3. The van der Waals surface area contributed by atoms with Crippen LogP contribution in [0.5, 0.6) is 0 Å². The van der Waals surface area contributed by atoms with Gasteiger partial charge >= 0.3 is 0 Å². The fraction of sp³-hybridized carbons (Fsp3) is 0.263. The van der Waals surface area contributed by atoms with Gasteiger partial charge in [0.05, 0.1) is 0 Å². The van der Waals surface area contributed by atoms with Gasteiger partial charge in [-0.3, -0.25) is 0 Å². The topological polar surface area (TPSA) is 0 Å². The lowest BCUT2D eigenvalue weighted by Crippen LogP contribution is -1.96. The predicted molar refractivity (Wildman–Crippen MR) is 84.0 cm³/mol. The highest BCUT2D eigenvalue weighted by molar-refractivity contribution is 5.79. The van der Waals surface area contributed by atoms with E-state index in [-0.39, 0.29) is 0 Å². The smallest absolute Gasteiger partial charge is 0.0149 e. The maximum absolute atomic E-state index is 2.44. The summed E-state index contributed by atoms with van der Waals surface area (Å²) in [5.41, 5.74) is 3.97. The monoisotopic (exact) mass is 250 g/mol. The molecule has 0 unspecified atom stereocenters. The van der Waals surface area contributed by atoms with Crippen molar-refractivity contribution in [1.82, 2.24) is 0 Å². The Hall–Kier alpha value is -1.82. The van der Waals surface area contributed by atoms with Gasteiger partial charge in [0.25, 0.3) is 0 Å². The third-order valence-electron chi connectivity index (χ3n) is 3.62. The zero-order valence-electron chi connectivity index (χ0n) is 11.8. The summed E-state index contributed by atoms with van der Waals surface area (Å²) in [5.74, 6) is 0.649. The summed E-state index contributed by atoms with van der Waals surface area (Å²) in [4.78, 5) is 0. The summed E-state index contributed by atoms with van der Waals surface area (Å²) < 4.78 is 0. The first-order valence-corrected chi connectivity index (χ1v) is 7.17. The molecule has 0 saturated carbocycles. The second-order valence-corrected chi connectivity index (χ2v) is 4.89. The Balaban J connectivity index is 2.45. The van der Waals surface area contributed by atoms with Crippen molar-refractivity contribution in [2.45, 2.75) is 26.7 Å². The van der Waals surface area contributed by atoms with Crippen molar-refractivity contribution in [1.29, 1.82) is 0 Å². The molecule has 0 spiro atoms. The number of rotatable bonds is 5. The van der Waals surface area contributed by atoms with Gasteiger partial charge in [-0.2, -0.15) is 0 Å². The van der Waals surface area contributed by atoms with Crippen LogP contribution in [0.1, 0.15) is 37.8 Å². The molecule has 0 amide bonds. The van der Waals surface area contributed by atoms with Crippen molar-refractivity contribution in [2.24, 2.45) is 5.92 Å². The van der Waals surface area contributed by atoms with Gasteiger partial charge in [-0.15, -0.1) is 0 Å². The Kier molecular flexibility index (Phi) is 4.97. The maximum Gasteiger partial charge on any atom is -0.0149 e. The molecule has 2 rings (SSSR count). The first-order valence-electron chi connectivity index (χ1n) is 7.17. The van der Waals surface area contributed by atoms with E-state index in [0.717, 1.165) is 0 Å². The quantitative estimate of drug-likeness (QED) is 0.652. The minimum Gasteiger partial charge on any atom is -0.0730 e. The Morgan fingerprint density at radius 1 is 0.789 bits per heavy atom. The van der Waals surface area contributed by atoms with E-state index in [1.54, 1.807) is 0 Å². The highest BCUT2D eigenvalue weighted by Crippen LogP contribution is 2.26. The van der Waals surface area contributed by atoms with Gasteiger partial charge in [-0.25, -0.2) is 0 Å². The molecular formula is C19H22. The van der Waals surface area contributed by atoms with Crippen LogP contribution in [-0.4, -0.2) is 0 Å². The zero-order chi connectivity index (χ0) is 13.5. The Labute approximate surface area is 116 Å². The Bertz CT molecular complexity index is 463. The molecule has 0 N–H and O–H groups in total. The van der Waals surface area contributed by atoms with Crippen LogP contribution in [0, 0.1) is 5.92 Å². The molecule has 0 heteroatoms. The summed E-state index contributed by atoms with van der Waals surface area (Å²) in [6.07, 6.45) is 4.82. The van der Waals surface area contributed by atoms with Crippen molar-refractivity contribution in [3.8, 4) is 0 Å². The zero-order valence-corrected chi connectivity index (χ0v) is 11.8.